The van der Waals surface area contributed by atoms with E-state index in [-0.39, 0.29) is 0 Å². The van der Waals surface area contributed by atoms with E-state index in [2.05, 4.69) is 119 Å². The number of likely N-dealkylation sites (tertiary alicyclic amines) is 3. The van der Waals surface area contributed by atoms with Crippen molar-refractivity contribution in [2.75, 3.05) is 164 Å². The molecule has 14 heteroatoms. The minimum Gasteiger partial charge on any atom is -0.398 e. The smallest absolute Gasteiger partial charge is 0.119 e. The van der Waals surface area contributed by atoms with E-state index in [9.17, 15) is 0 Å². The van der Waals surface area contributed by atoms with Gasteiger partial charge in [-0.3, -0.25) is 14.7 Å². The highest BCUT2D eigenvalue weighted by Gasteiger charge is 2.34. The number of aromatic nitrogens is 3. The summed E-state index contributed by atoms with van der Waals surface area (Å²) in [7, 11) is 11.8. The summed E-state index contributed by atoms with van der Waals surface area (Å²) in [4.78, 5) is 7.81. The number of aryl methyl sites for hydroxylation is 2. The zero-order valence-electron chi connectivity index (χ0n) is 47.0. The van der Waals surface area contributed by atoms with E-state index in [0.717, 1.165) is 113 Å². The van der Waals surface area contributed by atoms with Gasteiger partial charge in [0.2, 0.25) is 0 Å². The second-order valence-corrected chi connectivity index (χ2v) is 24.6. The SMILES string of the molecule is C[N+](C)(C)C1CCCN(CCn2ccc3c(N)cccc32)C1.C[N+]1(CC2CN(CCCn3ccc4c(N)cccc43)CCO2)CCCC1.C[N+]1(CCC2CN(CCCn3ccc4c(N)cccc43)CCO2)CCCC1. The van der Waals surface area contributed by atoms with Gasteiger partial charge in [0, 0.05) is 156 Å². The fraction of sp³-hybridized carbons (Fsp3) is 0.607. The van der Waals surface area contributed by atoms with Crippen LogP contribution in [0.2, 0.25) is 0 Å². The minimum atomic E-state index is 0.402. The molecule has 14 nitrogen and oxygen atoms in total. The maximum atomic E-state index is 6.08. The van der Waals surface area contributed by atoms with Crippen molar-refractivity contribution in [1.29, 1.82) is 0 Å². The third-order valence-electron chi connectivity index (χ3n) is 17.9. The largest absolute Gasteiger partial charge is 0.398 e. The molecule has 6 aromatic rings. The number of quaternary nitrogens is 3. The van der Waals surface area contributed by atoms with Crippen molar-refractivity contribution in [3.05, 3.63) is 91.4 Å². The Morgan fingerprint density at radius 2 is 0.960 bits per heavy atom. The first-order valence-corrected chi connectivity index (χ1v) is 29.1. The molecule has 3 aromatic heterocycles. The fourth-order valence-electron chi connectivity index (χ4n) is 13.2. The molecular formula is C61H97N12O2+3. The lowest BCUT2D eigenvalue weighted by Gasteiger charge is -2.41. The van der Waals surface area contributed by atoms with Gasteiger partial charge in [-0.2, -0.15) is 0 Å². The van der Waals surface area contributed by atoms with Crippen LogP contribution in [0.5, 0.6) is 0 Å². The number of benzene rings is 3. The summed E-state index contributed by atoms with van der Waals surface area (Å²) in [6.45, 7) is 22.9. The predicted octanol–water partition coefficient (Wildman–Crippen LogP) is 7.89. The number of rotatable bonds is 17. The molecule has 3 atom stereocenters. The highest BCUT2D eigenvalue weighted by molar-refractivity contribution is 5.92. The van der Waals surface area contributed by atoms with Gasteiger partial charge in [0.15, 0.2) is 0 Å². The van der Waals surface area contributed by atoms with Crippen molar-refractivity contribution in [2.45, 2.75) is 95.7 Å². The van der Waals surface area contributed by atoms with Crippen molar-refractivity contribution in [1.82, 2.24) is 28.4 Å². The molecule has 0 spiro atoms. The Kier molecular flexibility index (Phi) is 18.5. The molecule has 5 saturated heterocycles. The molecule has 75 heavy (non-hydrogen) atoms. The number of nitrogen functional groups attached to an aromatic ring is 3. The van der Waals surface area contributed by atoms with Crippen molar-refractivity contribution in [3.63, 3.8) is 0 Å². The third kappa shape index (κ3) is 14.7. The molecule has 0 amide bonds. The van der Waals surface area contributed by atoms with Crippen LogP contribution in [0, 0.1) is 0 Å². The summed E-state index contributed by atoms with van der Waals surface area (Å²) in [5.74, 6) is 0. The average molecular weight is 1030 g/mol. The van der Waals surface area contributed by atoms with Crippen molar-refractivity contribution >= 4 is 49.8 Å². The van der Waals surface area contributed by atoms with E-state index in [0.29, 0.717) is 12.2 Å². The number of hydrogen-bond acceptors (Lipinski definition) is 8. The van der Waals surface area contributed by atoms with Crippen LogP contribution in [0.25, 0.3) is 32.7 Å². The summed E-state index contributed by atoms with van der Waals surface area (Å²) in [6, 6.07) is 25.7. The standard InChI is InChI=1S/C22H35N4O.C21H33N4O.C18H29N4/c1-26(14-2-3-15-26)16-9-19-18-24(13-17-27-19)10-5-11-25-12-8-20-21(23)6-4-7-22(20)25;1-25(13-2-3-14-25)17-18-16-23(12-15-26-18)9-5-10-24-11-8-19-20(22)6-4-7-21(19)24;1-22(2,3)15-6-5-10-20(14-15)12-13-21-11-9-16-17(19)7-4-8-18(16)21/h4,6-8,12,19H,2-3,5,9-11,13-18,23H2,1H3;4,6-8,11,18H,2-3,5,9-10,12-17,22H2,1H3;4,7-9,11,15H,5-6,10,12-14,19H2,1-3H3/q3*+1. The van der Waals surface area contributed by atoms with Gasteiger partial charge in [0.25, 0.3) is 0 Å². The van der Waals surface area contributed by atoms with Crippen LogP contribution < -0.4 is 17.2 Å². The van der Waals surface area contributed by atoms with E-state index in [1.165, 1.54) is 145 Å². The van der Waals surface area contributed by atoms with Gasteiger partial charge in [0.1, 0.15) is 18.7 Å². The number of likely N-dealkylation sites (N-methyl/N-ethyl adjacent to an activating group) is 2. The molecule has 0 saturated carbocycles. The molecule has 8 heterocycles. The second-order valence-electron chi connectivity index (χ2n) is 24.6. The van der Waals surface area contributed by atoms with Gasteiger partial charge in [-0.15, -0.1) is 0 Å². The normalized spacial score (nSPS) is 22.6. The van der Waals surface area contributed by atoms with Gasteiger partial charge in [-0.05, 0) is 80.4 Å². The van der Waals surface area contributed by atoms with Gasteiger partial charge in [0.05, 0.1) is 110 Å². The van der Waals surface area contributed by atoms with Crippen LogP contribution in [0.4, 0.5) is 17.1 Å². The van der Waals surface area contributed by atoms with Crippen molar-refractivity contribution in [3.8, 4) is 0 Å². The molecule has 0 aliphatic carbocycles. The number of nitrogens with zero attached hydrogens (tertiary/aromatic N) is 9. The molecule has 3 unspecified atom stereocenters. The van der Waals surface area contributed by atoms with Gasteiger partial charge < -0.3 is 53.8 Å². The number of nitrogens with two attached hydrogens (primary N) is 3. The lowest BCUT2D eigenvalue weighted by atomic mass is 10.0. The van der Waals surface area contributed by atoms with Crippen LogP contribution in [-0.2, 0) is 29.1 Å². The van der Waals surface area contributed by atoms with E-state index in [1.54, 1.807) is 0 Å². The van der Waals surface area contributed by atoms with Crippen LogP contribution in [0.1, 0.15) is 57.8 Å². The molecular weight excluding hydrogens is 933 g/mol. The Hall–Kier alpha value is -4.64. The van der Waals surface area contributed by atoms with Gasteiger partial charge in [-0.25, -0.2) is 0 Å². The highest BCUT2D eigenvalue weighted by Crippen LogP contribution is 2.27. The number of morpholine rings is 2. The molecule has 6 N–H and O–H groups in total. The van der Waals surface area contributed by atoms with E-state index in [4.69, 9.17) is 26.7 Å². The topological polar surface area (TPSA) is 121 Å². The average Bonchev–Trinajstić information content (AvgIpc) is 4.27. The first-order chi connectivity index (χ1) is 36.2. The van der Waals surface area contributed by atoms with Gasteiger partial charge in [-0.1, -0.05) is 18.2 Å². The number of ether oxygens (including phenoxy) is 2. The van der Waals surface area contributed by atoms with Crippen LogP contribution in [-0.4, -0.2) is 207 Å². The molecule has 0 radical (unpaired) electrons. The van der Waals surface area contributed by atoms with Crippen molar-refractivity contribution < 1.29 is 22.9 Å². The third-order valence-corrected chi connectivity index (χ3v) is 17.9. The quantitative estimate of drug-likeness (QED) is 0.0624. The maximum Gasteiger partial charge on any atom is 0.119 e. The molecule has 5 aliphatic rings. The number of anilines is 3. The van der Waals surface area contributed by atoms with Crippen LogP contribution >= 0.6 is 0 Å². The first-order valence-electron chi connectivity index (χ1n) is 29.1. The fourth-order valence-corrected chi connectivity index (χ4v) is 13.2. The number of piperidine rings is 1. The Balaban J connectivity index is 0.000000139. The van der Waals surface area contributed by atoms with Gasteiger partial charge >= 0.3 is 0 Å². The monoisotopic (exact) mass is 1030 g/mol. The van der Waals surface area contributed by atoms with Crippen LogP contribution in [0.15, 0.2) is 91.4 Å². The Bertz CT molecular complexity index is 2710. The summed E-state index contributed by atoms with van der Waals surface area (Å²) in [5.41, 5.74) is 24.6. The molecule has 11 rings (SSSR count). The van der Waals surface area contributed by atoms with E-state index in [1.807, 2.05) is 36.4 Å². The number of fused-ring (bicyclic) bond motifs is 3. The van der Waals surface area contributed by atoms with Crippen molar-refractivity contribution in [2.24, 2.45) is 0 Å². The molecule has 5 fully saturated rings. The lowest BCUT2D eigenvalue weighted by molar-refractivity contribution is -0.900. The molecule has 5 aliphatic heterocycles. The molecule has 0 bridgehead atoms. The van der Waals surface area contributed by atoms with Crippen LogP contribution in [0.3, 0.4) is 0 Å². The summed E-state index contributed by atoms with van der Waals surface area (Å²) in [6.07, 6.45) is 19.1. The lowest BCUT2D eigenvalue weighted by Crippen LogP contribution is -2.54. The number of hydrogen-bond donors (Lipinski definition) is 3. The van der Waals surface area contributed by atoms with E-state index >= 15 is 0 Å². The first kappa shape index (κ1) is 55.1. The highest BCUT2D eigenvalue weighted by atomic mass is 16.5. The summed E-state index contributed by atoms with van der Waals surface area (Å²) < 4.78 is 22.7. The second kappa shape index (κ2) is 25.2. The minimum absolute atomic E-state index is 0.402. The zero-order chi connectivity index (χ0) is 52.4. The summed E-state index contributed by atoms with van der Waals surface area (Å²) >= 11 is 0. The predicted molar refractivity (Wildman–Crippen MR) is 313 cm³/mol. The Morgan fingerprint density at radius 3 is 1.47 bits per heavy atom. The zero-order valence-corrected chi connectivity index (χ0v) is 47.0. The summed E-state index contributed by atoms with van der Waals surface area (Å²) in [5, 5.41) is 3.51. The Labute approximate surface area is 450 Å². The maximum absolute atomic E-state index is 6.08. The Morgan fingerprint density at radius 1 is 0.507 bits per heavy atom. The van der Waals surface area contributed by atoms with E-state index < -0.39 is 0 Å². The molecule has 3 aromatic carbocycles. The molecule has 410 valence electrons.